The van der Waals surface area contributed by atoms with Crippen molar-refractivity contribution in [1.29, 1.82) is 5.26 Å². The van der Waals surface area contributed by atoms with Gasteiger partial charge in [-0.05, 0) is 6.54 Å². The third-order valence-electron chi connectivity index (χ3n) is 1.60. The fourth-order valence-corrected chi connectivity index (χ4v) is 0.857. The van der Waals surface area contributed by atoms with Gasteiger partial charge in [-0.2, -0.15) is 5.26 Å². The SMILES string of the molecule is CCN(CCC#N)CCOC. The highest BCUT2D eigenvalue weighted by Crippen LogP contribution is 1.89. The fraction of sp³-hybridized carbons (Fsp3) is 0.875. The molecular weight excluding hydrogens is 140 g/mol. The van der Waals surface area contributed by atoms with Gasteiger partial charge in [0.2, 0.25) is 0 Å². The third-order valence-corrected chi connectivity index (χ3v) is 1.60. The lowest BCUT2D eigenvalue weighted by Crippen LogP contribution is -2.27. The number of hydrogen-bond donors (Lipinski definition) is 0. The molecule has 0 rings (SSSR count). The van der Waals surface area contributed by atoms with Crippen LogP contribution in [0, 0.1) is 11.3 Å². The van der Waals surface area contributed by atoms with Crippen molar-refractivity contribution < 1.29 is 4.74 Å². The number of likely N-dealkylation sites (N-methyl/N-ethyl adjacent to an activating group) is 1. The second-order valence-corrected chi connectivity index (χ2v) is 2.34. The van der Waals surface area contributed by atoms with E-state index in [1.807, 2.05) is 0 Å². The van der Waals surface area contributed by atoms with Gasteiger partial charge in [0.15, 0.2) is 0 Å². The molecule has 64 valence electrons. The van der Waals surface area contributed by atoms with Crippen molar-refractivity contribution in [3.05, 3.63) is 0 Å². The summed E-state index contributed by atoms with van der Waals surface area (Å²) in [6.07, 6.45) is 0.609. The van der Waals surface area contributed by atoms with Crippen LogP contribution in [-0.2, 0) is 4.74 Å². The van der Waals surface area contributed by atoms with Gasteiger partial charge in [-0.15, -0.1) is 0 Å². The molecule has 0 aliphatic carbocycles. The number of methoxy groups -OCH3 is 1. The summed E-state index contributed by atoms with van der Waals surface area (Å²) in [5.74, 6) is 0. The molecule has 0 saturated heterocycles. The number of rotatable bonds is 6. The van der Waals surface area contributed by atoms with Crippen LogP contribution in [0.5, 0.6) is 0 Å². The minimum atomic E-state index is 0.609. The molecule has 0 aromatic carbocycles. The summed E-state index contributed by atoms with van der Waals surface area (Å²) in [6, 6.07) is 2.13. The largest absolute Gasteiger partial charge is 0.383 e. The first-order valence-electron chi connectivity index (χ1n) is 3.93. The van der Waals surface area contributed by atoms with Crippen LogP contribution >= 0.6 is 0 Å². The highest BCUT2D eigenvalue weighted by Gasteiger charge is 1.99. The molecule has 0 spiro atoms. The Morgan fingerprint density at radius 2 is 2.18 bits per heavy atom. The lowest BCUT2D eigenvalue weighted by Gasteiger charge is -2.17. The van der Waals surface area contributed by atoms with E-state index in [0.717, 1.165) is 26.2 Å². The Balaban J connectivity index is 3.34. The minimum Gasteiger partial charge on any atom is -0.383 e. The topological polar surface area (TPSA) is 36.3 Å². The van der Waals surface area contributed by atoms with E-state index >= 15 is 0 Å². The van der Waals surface area contributed by atoms with Crippen molar-refractivity contribution in [2.45, 2.75) is 13.3 Å². The third kappa shape index (κ3) is 5.84. The zero-order chi connectivity index (χ0) is 8.53. The lowest BCUT2D eigenvalue weighted by atomic mass is 10.4. The van der Waals surface area contributed by atoms with Gasteiger partial charge >= 0.3 is 0 Å². The van der Waals surface area contributed by atoms with Crippen molar-refractivity contribution in [3.8, 4) is 6.07 Å². The Morgan fingerprint density at radius 3 is 2.64 bits per heavy atom. The smallest absolute Gasteiger partial charge is 0.0635 e. The first-order chi connectivity index (χ1) is 5.35. The predicted octanol–water partition coefficient (Wildman–Crippen LogP) is 0.868. The quantitative estimate of drug-likeness (QED) is 0.572. The van der Waals surface area contributed by atoms with Crippen LogP contribution in [0.25, 0.3) is 0 Å². The molecular formula is C8H16N2O. The monoisotopic (exact) mass is 156 g/mol. The maximum absolute atomic E-state index is 8.33. The van der Waals surface area contributed by atoms with E-state index in [0.29, 0.717) is 6.42 Å². The lowest BCUT2D eigenvalue weighted by molar-refractivity contribution is 0.152. The molecule has 0 saturated carbocycles. The molecule has 3 nitrogen and oxygen atoms in total. The first-order valence-corrected chi connectivity index (χ1v) is 3.93. The standard InChI is InChI=1S/C8H16N2O/c1-3-10(6-4-5-9)7-8-11-2/h3-4,6-8H2,1-2H3. The first kappa shape index (κ1) is 10.4. The van der Waals surface area contributed by atoms with Gasteiger partial charge in [-0.25, -0.2) is 0 Å². The summed E-state index contributed by atoms with van der Waals surface area (Å²) in [5, 5.41) is 8.33. The fourth-order valence-electron chi connectivity index (χ4n) is 0.857. The molecule has 0 N–H and O–H groups in total. The van der Waals surface area contributed by atoms with Gasteiger partial charge in [0.25, 0.3) is 0 Å². The summed E-state index contributed by atoms with van der Waals surface area (Å²) >= 11 is 0. The summed E-state index contributed by atoms with van der Waals surface area (Å²) in [7, 11) is 1.69. The van der Waals surface area contributed by atoms with Gasteiger partial charge in [0.05, 0.1) is 12.7 Å². The molecule has 0 aromatic rings. The van der Waals surface area contributed by atoms with Crippen molar-refractivity contribution in [1.82, 2.24) is 4.90 Å². The molecule has 0 heterocycles. The average Bonchev–Trinajstić information content (AvgIpc) is 2.05. The zero-order valence-electron chi connectivity index (χ0n) is 7.34. The Bertz CT molecular complexity index is 120. The van der Waals surface area contributed by atoms with Gasteiger partial charge < -0.3 is 9.64 Å². The molecule has 0 radical (unpaired) electrons. The second kappa shape index (κ2) is 7.52. The summed E-state index contributed by atoms with van der Waals surface area (Å²) in [4.78, 5) is 2.20. The van der Waals surface area contributed by atoms with Crippen LogP contribution in [0.3, 0.4) is 0 Å². The van der Waals surface area contributed by atoms with Crippen molar-refractivity contribution >= 4 is 0 Å². The van der Waals surface area contributed by atoms with Crippen molar-refractivity contribution in [3.63, 3.8) is 0 Å². The van der Waals surface area contributed by atoms with Crippen LogP contribution in [0.1, 0.15) is 13.3 Å². The zero-order valence-corrected chi connectivity index (χ0v) is 7.34. The number of nitriles is 1. The number of nitrogens with zero attached hydrogens (tertiary/aromatic N) is 2. The predicted molar refractivity (Wildman–Crippen MR) is 44.2 cm³/mol. The molecule has 0 aliphatic heterocycles. The maximum Gasteiger partial charge on any atom is 0.0635 e. The van der Waals surface area contributed by atoms with Crippen LogP contribution in [0.15, 0.2) is 0 Å². The summed E-state index contributed by atoms with van der Waals surface area (Å²) < 4.78 is 4.93. The van der Waals surface area contributed by atoms with E-state index in [1.54, 1.807) is 7.11 Å². The highest BCUT2D eigenvalue weighted by molar-refractivity contribution is 4.71. The normalized spacial score (nSPS) is 10.0. The Labute approximate surface area is 68.6 Å². The van der Waals surface area contributed by atoms with E-state index in [2.05, 4.69) is 17.9 Å². The van der Waals surface area contributed by atoms with Crippen LogP contribution in [0.2, 0.25) is 0 Å². The van der Waals surface area contributed by atoms with Gasteiger partial charge in [0.1, 0.15) is 0 Å². The summed E-state index contributed by atoms with van der Waals surface area (Å²) in [5.41, 5.74) is 0. The van der Waals surface area contributed by atoms with Crippen LogP contribution in [0.4, 0.5) is 0 Å². The molecule has 0 amide bonds. The number of hydrogen-bond acceptors (Lipinski definition) is 3. The Morgan fingerprint density at radius 1 is 1.45 bits per heavy atom. The number of ether oxygens (including phenoxy) is 1. The molecule has 0 bridgehead atoms. The minimum absolute atomic E-state index is 0.609. The molecule has 3 heteroatoms. The molecule has 0 fully saturated rings. The van der Waals surface area contributed by atoms with E-state index in [4.69, 9.17) is 10.00 Å². The van der Waals surface area contributed by atoms with Gasteiger partial charge in [0, 0.05) is 26.6 Å². The molecule has 0 unspecified atom stereocenters. The Hall–Kier alpha value is -0.590. The highest BCUT2D eigenvalue weighted by atomic mass is 16.5. The van der Waals surface area contributed by atoms with Gasteiger partial charge in [-0.1, -0.05) is 6.92 Å². The van der Waals surface area contributed by atoms with E-state index in [9.17, 15) is 0 Å². The van der Waals surface area contributed by atoms with Crippen molar-refractivity contribution in [2.75, 3.05) is 33.4 Å². The van der Waals surface area contributed by atoms with Crippen molar-refractivity contribution in [2.24, 2.45) is 0 Å². The second-order valence-electron chi connectivity index (χ2n) is 2.34. The van der Waals surface area contributed by atoms with Crippen LogP contribution in [-0.4, -0.2) is 38.3 Å². The van der Waals surface area contributed by atoms with E-state index in [-0.39, 0.29) is 0 Å². The molecule has 0 atom stereocenters. The summed E-state index contributed by atoms with van der Waals surface area (Å²) in [6.45, 7) is 5.61. The van der Waals surface area contributed by atoms with E-state index in [1.165, 1.54) is 0 Å². The molecule has 0 aromatic heterocycles. The molecule has 11 heavy (non-hydrogen) atoms. The van der Waals surface area contributed by atoms with Gasteiger partial charge in [-0.3, -0.25) is 0 Å². The Kier molecular flexibility index (Phi) is 7.11. The van der Waals surface area contributed by atoms with Crippen LogP contribution < -0.4 is 0 Å². The average molecular weight is 156 g/mol. The maximum atomic E-state index is 8.33. The molecule has 0 aliphatic rings. The van der Waals surface area contributed by atoms with E-state index < -0.39 is 0 Å².